The van der Waals surface area contributed by atoms with Crippen LogP contribution in [0.2, 0.25) is 0 Å². The molecule has 9 heteroatoms. The van der Waals surface area contributed by atoms with E-state index in [1.165, 1.54) is 0 Å². The van der Waals surface area contributed by atoms with Crippen LogP contribution >= 0.6 is 15.9 Å². The van der Waals surface area contributed by atoms with Crippen molar-refractivity contribution >= 4 is 39.4 Å². The highest BCUT2D eigenvalue weighted by Gasteiger charge is 2.31. The molecule has 0 saturated heterocycles. The summed E-state index contributed by atoms with van der Waals surface area (Å²) >= 11 is 3.65. The zero-order valence-corrected chi connectivity index (χ0v) is 20.6. The average Bonchev–Trinajstić information content (AvgIpc) is 3.19. The van der Waals surface area contributed by atoms with Gasteiger partial charge in [0.05, 0.1) is 23.8 Å². The molecule has 174 valence electrons. The first kappa shape index (κ1) is 23.1. The molecule has 0 saturated carbocycles. The van der Waals surface area contributed by atoms with E-state index >= 15 is 0 Å². The molecule has 0 atom stereocenters. The number of ether oxygens (including phenoxy) is 3. The van der Waals surface area contributed by atoms with Crippen molar-refractivity contribution in [2.75, 3.05) is 53.5 Å². The van der Waals surface area contributed by atoms with Gasteiger partial charge in [0, 0.05) is 30.4 Å². The lowest BCUT2D eigenvalue weighted by atomic mass is 10.0. The number of Topliss-reactive ketones (excluding diaryl/α,β-unsaturated/α-hetero) is 1. The van der Waals surface area contributed by atoms with Crippen molar-refractivity contribution in [1.29, 1.82) is 0 Å². The number of hydrogen-bond donors (Lipinski definition) is 1. The molecule has 0 aromatic heterocycles. The van der Waals surface area contributed by atoms with Crippen LogP contribution in [-0.4, -0.2) is 69.6 Å². The number of halogens is 1. The summed E-state index contributed by atoms with van der Waals surface area (Å²) in [6.07, 6.45) is 2.55. The van der Waals surface area contributed by atoms with E-state index in [9.17, 15) is 9.59 Å². The monoisotopic (exact) mass is 515 g/mol. The molecule has 0 radical (unpaired) electrons. The Kier molecular flexibility index (Phi) is 6.62. The molecule has 33 heavy (non-hydrogen) atoms. The van der Waals surface area contributed by atoms with Gasteiger partial charge in [-0.1, -0.05) is 0 Å². The number of likely N-dealkylation sites (N-methyl/N-ethyl adjacent to an activating group) is 2. The van der Waals surface area contributed by atoms with E-state index in [1.54, 1.807) is 36.3 Å². The summed E-state index contributed by atoms with van der Waals surface area (Å²) in [6, 6.07) is 6.92. The fourth-order valence-corrected chi connectivity index (χ4v) is 4.66. The number of nitrogens with one attached hydrogen (secondary N) is 1. The molecule has 2 aliphatic rings. The van der Waals surface area contributed by atoms with Gasteiger partial charge in [-0.2, -0.15) is 0 Å². The van der Waals surface area contributed by atoms with Crippen LogP contribution in [0.15, 0.2) is 34.4 Å². The van der Waals surface area contributed by atoms with Crippen LogP contribution in [0.1, 0.15) is 21.5 Å². The molecular formula is C24H26BrN3O5. The van der Waals surface area contributed by atoms with Crippen molar-refractivity contribution in [2.45, 2.75) is 6.42 Å². The highest BCUT2D eigenvalue weighted by Crippen LogP contribution is 2.51. The third kappa shape index (κ3) is 4.56. The number of carbonyl (C=O) groups excluding carboxylic acids is 2. The molecule has 2 heterocycles. The van der Waals surface area contributed by atoms with E-state index < -0.39 is 0 Å². The summed E-state index contributed by atoms with van der Waals surface area (Å²) < 4.78 is 17.8. The molecule has 0 fully saturated rings. The Morgan fingerprint density at radius 3 is 2.55 bits per heavy atom. The fraction of sp³-hybridized carbons (Fsp3) is 0.333. The Bertz CT molecular complexity index is 1130. The van der Waals surface area contributed by atoms with Gasteiger partial charge in [0.1, 0.15) is 0 Å². The maximum atomic E-state index is 13.5. The average molecular weight is 516 g/mol. The zero-order chi connectivity index (χ0) is 23.7. The summed E-state index contributed by atoms with van der Waals surface area (Å²) in [5, 5.41) is 2.83. The van der Waals surface area contributed by atoms with Crippen molar-refractivity contribution in [3.05, 3.63) is 51.1 Å². The van der Waals surface area contributed by atoms with Crippen LogP contribution in [0.4, 0.5) is 5.69 Å². The fourth-order valence-electron chi connectivity index (χ4n) is 3.95. The van der Waals surface area contributed by atoms with Gasteiger partial charge in [-0.05, 0) is 72.4 Å². The molecule has 8 nitrogen and oxygen atoms in total. The second-order valence-corrected chi connectivity index (χ2v) is 8.99. The van der Waals surface area contributed by atoms with Gasteiger partial charge in [-0.25, -0.2) is 0 Å². The molecule has 4 rings (SSSR count). The molecular weight excluding hydrogens is 490 g/mol. The van der Waals surface area contributed by atoms with Crippen molar-refractivity contribution in [2.24, 2.45) is 0 Å². The smallest absolute Gasteiger partial charge is 0.238 e. The van der Waals surface area contributed by atoms with E-state index in [1.807, 2.05) is 32.1 Å². The Morgan fingerprint density at radius 1 is 1.18 bits per heavy atom. The quantitative estimate of drug-likeness (QED) is 0.590. The summed E-state index contributed by atoms with van der Waals surface area (Å²) in [5.41, 5.74) is 3.52. The van der Waals surface area contributed by atoms with Gasteiger partial charge in [0.15, 0.2) is 11.5 Å². The molecule has 1 N–H and O–H groups in total. The van der Waals surface area contributed by atoms with Crippen molar-refractivity contribution in [3.8, 4) is 17.2 Å². The van der Waals surface area contributed by atoms with Crippen LogP contribution < -0.4 is 19.5 Å². The first-order valence-corrected chi connectivity index (χ1v) is 11.3. The highest BCUT2D eigenvalue weighted by molar-refractivity contribution is 9.10. The van der Waals surface area contributed by atoms with Crippen LogP contribution in [0.5, 0.6) is 17.2 Å². The lowest BCUT2D eigenvalue weighted by Gasteiger charge is -2.20. The molecule has 0 bridgehead atoms. The van der Waals surface area contributed by atoms with E-state index in [4.69, 9.17) is 14.2 Å². The van der Waals surface area contributed by atoms with Crippen LogP contribution in [0.25, 0.3) is 6.08 Å². The number of nitrogens with zero attached hydrogens (tertiary/aromatic N) is 2. The SMILES string of the molecule is COc1c2c(c(Br)c3c1OCO3)CCN(C)C(C(=O)c1ccc(NC(=O)CN(C)C)cc1)=C2. The molecule has 0 aliphatic carbocycles. The van der Waals surface area contributed by atoms with Crippen LogP contribution in [-0.2, 0) is 11.2 Å². The second-order valence-electron chi connectivity index (χ2n) is 8.20. The predicted molar refractivity (Wildman–Crippen MR) is 129 cm³/mol. The number of rotatable bonds is 6. The minimum Gasteiger partial charge on any atom is -0.492 e. The first-order chi connectivity index (χ1) is 15.8. The third-order valence-corrected chi connectivity index (χ3v) is 6.41. The molecule has 2 aromatic carbocycles. The number of fused-ring (bicyclic) bond motifs is 2. The Morgan fingerprint density at radius 2 is 1.88 bits per heavy atom. The Hall–Kier alpha value is -3.04. The van der Waals surface area contributed by atoms with Gasteiger partial charge in [0.25, 0.3) is 0 Å². The number of benzene rings is 2. The number of anilines is 1. The van der Waals surface area contributed by atoms with Crippen molar-refractivity contribution in [3.63, 3.8) is 0 Å². The standard InChI is InChI=1S/C24H26BrN3O5/c1-27(2)12-19(29)26-15-7-5-14(6-8-15)21(30)18-11-17-16(9-10-28(18)3)20(25)23-24(22(17)31-4)33-13-32-23/h5-8,11H,9-10,12-13H2,1-4H3,(H,26,29). The van der Waals surface area contributed by atoms with E-state index in [0.29, 0.717) is 47.2 Å². The number of hydrogen-bond acceptors (Lipinski definition) is 7. The molecule has 2 aromatic rings. The number of amides is 1. The van der Waals surface area contributed by atoms with E-state index in [-0.39, 0.29) is 25.0 Å². The number of ketones is 1. The predicted octanol–water partition coefficient (Wildman–Crippen LogP) is 3.40. The second kappa shape index (κ2) is 9.44. The molecule has 1 amide bonds. The van der Waals surface area contributed by atoms with Crippen LogP contribution in [0, 0.1) is 0 Å². The number of carbonyl (C=O) groups is 2. The normalized spacial score (nSPS) is 14.5. The Balaban J connectivity index is 1.66. The molecule has 2 aliphatic heterocycles. The lowest BCUT2D eigenvalue weighted by Crippen LogP contribution is -2.27. The summed E-state index contributed by atoms with van der Waals surface area (Å²) in [5.74, 6) is 1.49. The van der Waals surface area contributed by atoms with E-state index in [0.717, 1.165) is 15.6 Å². The maximum Gasteiger partial charge on any atom is 0.238 e. The minimum absolute atomic E-state index is 0.113. The first-order valence-electron chi connectivity index (χ1n) is 10.5. The van der Waals surface area contributed by atoms with Crippen molar-refractivity contribution in [1.82, 2.24) is 9.80 Å². The maximum absolute atomic E-state index is 13.5. The van der Waals surface area contributed by atoms with Gasteiger partial charge >= 0.3 is 0 Å². The zero-order valence-electron chi connectivity index (χ0n) is 19.0. The summed E-state index contributed by atoms with van der Waals surface area (Å²) in [6.45, 7) is 1.05. The topological polar surface area (TPSA) is 80.3 Å². The van der Waals surface area contributed by atoms with Gasteiger partial charge in [-0.15, -0.1) is 0 Å². The molecule has 0 unspecified atom stereocenters. The lowest BCUT2D eigenvalue weighted by molar-refractivity contribution is -0.116. The van der Waals surface area contributed by atoms with E-state index in [2.05, 4.69) is 21.2 Å². The third-order valence-electron chi connectivity index (χ3n) is 5.57. The van der Waals surface area contributed by atoms with Crippen molar-refractivity contribution < 1.29 is 23.8 Å². The van der Waals surface area contributed by atoms with Gasteiger partial charge in [-0.3, -0.25) is 9.59 Å². The van der Waals surface area contributed by atoms with Gasteiger partial charge in [0.2, 0.25) is 24.2 Å². The number of allylic oxidation sites excluding steroid dienone is 1. The van der Waals surface area contributed by atoms with Gasteiger partial charge < -0.3 is 29.3 Å². The largest absolute Gasteiger partial charge is 0.492 e. The summed E-state index contributed by atoms with van der Waals surface area (Å²) in [4.78, 5) is 29.2. The highest BCUT2D eigenvalue weighted by atomic mass is 79.9. The summed E-state index contributed by atoms with van der Waals surface area (Å²) in [7, 11) is 7.14. The van der Waals surface area contributed by atoms with Crippen LogP contribution in [0.3, 0.4) is 0 Å². The minimum atomic E-state index is -0.118. The number of methoxy groups -OCH3 is 1. The Labute approximate surface area is 201 Å². The molecule has 0 spiro atoms.